The standard InChI is InChI=1S/C12H16BrN3O/c1-8(5-14-10-3-4-10)6-16-7-15-9(2)11(13)12(16)17/h7,10,14H,1,3-6H2,2H3. The number of hydrogen-bond donors (Lipinski definition) is 1. The molecule has 0 amide bonds. The number of nitrogens with zero attached hydrogens (tertiary/aromatic N) is 2. The minimum absolute atomic E-state index is 0.0509. The van der Waals surface area contributed by atoms with Crippen LogP contribution in [0, 0.1) is 6.92 Å². The minimum Gasteiger partial charge on any atom is -0.310 e. The summed E-state index contributed by atoms with van der Waals surface area (Å²) < 4.78 is 2.11. The van der Waals surface area contributed by atoms with Crippen LogP contribution in [0.25, 0.3) is 0 Å². The Morgan fingerprint density at radius 3 is 3.06 bits per heavy atom. The van der Waals surface area contributed by atoms with E-state index in [1.54, 1.807) is 17.8 Å². The number of rotatable bonds is 5. The number of halogens is 1. The van der Waals surface area contributed by atoms with Gasteiger partial charge in [0.05, 0.1) is 12.0 Å². The maximum atomic E-state index is 11.9. The largest absolute Gasteiger partial charge is 0.310 e. The third-order valence-electron chi connectivity index (χ3n) is 2.77. The van der Waals surface area contributed by atoms with Gasteiger partial charge in [0.2, 0.25) is 0 Å². The van der Waals surface area contributed by atoms with Crippen LogP contribution in [-0.4, -0.2) is 22.1 Å². The van der Waals surface area contributed by atoms with E-state index in [1.165, 1.54) is 12.8 Å². The molecule has 0 bridgehead atoms. The monoisotopic (exact) mass is 297 g/mol. The Labute approximate surface area is 109 Å². The molecule has 1 heterocycles. The van der Waals surface area contributed by atoms with Gasteiger partial charge in [-0.05, 0) is 41.3 Å². The molecular formula is C12H16BrN3O. The number of aromatic nitrogens is 2. The lowest BCUT2D eigenvalue weighted by atomic mass is 10.3. The minimum atomic E-state index is -0.0509. The summed E-state index contributed by atoms with van der Waals surface area (Å²) in [6.07, 6.45) is 4.08. The Hall–Kier alpha value is -0.940. The quantitative estimate of drug-likeness (QED) is 0.840. The second-order valence-corrected chi connectivity index (χ2v) is 5.28. The predicted octanol–water partition coefficient (Wildman–Crippen LogP) is 1.62. The molecule has 5 heteroatoms. The Bertz CT molecular complexity index is 491. The van der Waals surface area contributed by atoms with Crippen LogP contribution >= 0.6 is 15.9 Å². The highest BCUT2D eigenvalue weighted by molar-refractivity contribution is 9.10. The summed E-state index contributed by atoms with van der Waals surface area (Å²) in [6.45, 7) is 7.07. The summed E-state index contributed by atoms with van der Waals surface area (Å²) in [5.74, 6) is 0. The molecule has 92 valence electrons. The van der Waals surface area contributed by atoms with E-state index < -0.39 is 0 Å². The zero-order chi connectivity index (χ0) is 12.4. The van der Waals surface area contributed by atoms with E-state index in [0.717, 1.165) is 12.1 Å². The molecule has 0 atom stereocenters. The fourth-order valence-corrected chi connectivity index (χ4v) is 1.86. The van der Waals surface area contributed by atoms with E-state index in [4.69, 9.17) is 0 Å². The van der Waals surface area contributed by atoms with Gasteiger partial charge in [-0.25, -0.2) is 4.98 Å². The highest BCUT2D eigenvalue weighted by Crippen LogP contribution is 2.18. The van der Waals surface area contributed by atoms with Gasteiger partial charge in [0, 0.05) is 19.1 Å². The van der Waals surface area contributed by atoms with Crippen molar-refractivity contribution in [1.82, 2.24) is 14.9 Å². The molecule has 1 fully saturated rings. The molecule has 1 N–H and O–H groups in total. The van der Waals surface area contributed by atoms with Gasteiger partial charge >= 0.3 is 0 Å². The van der Waals surface area contributed by atoms with Crippen molar-refractivity contribution < 1.29 is 0 Å². The first-order valence-corrected chi connectivity index (χ1v) is 6.49. The van der Waals surface area contributed by atoms with Crippen LogP contribution in [0.1, 0.15) is 18.5 Å². The second kappa shape index (κ2) is 5.14. The summed E-state index contributed by atoms with van der Waals surface area (Å²) in [4.78, 5) is 16.0. The Kier molecular flexibility index (Phi) is 3.79. The van der Waals surface area contributed by atoms with Crippen molar-refractivity contribution >= 4 is 15.9 Å². The van der Waals surface area contributed by atoms with Crippen molar-refractivity contribution in [3.05, 3.63) is 39.0 Å². The van der Waals surface area contributed by atoms with Crippen molar-refractivity contribution in [2.45, 2.75) is 32.4 Å². The first kappa shape index (κ1) is 12.5. The Balaban J connectivity index is 2.00. The summed E-state index contributed by atoms with van der Waals surface area (Å²) in [7, 11) is 0. The van der Waals surface area contributed by atoms with Crippen molar-refractivity contribution in [3.8, 4) is 0 Å². The van der Waals surface area contributed by atoms with E-state index in [1.807, 2.05) is 0 Å². The first-order valence-electron chi connectivity index (χ1n) is 5.69. The average molecular weight is 298 g/mol. The Morgan fingerprint density at radius 2 is 2.41 bits per heavy atom. The molecule has 1 aromatic rings. The lowest BCUT2D eigenvalue weighted by Gasteiger charge is -2.10. The first-order chi connectivity index (χ1) is 8.08. The smallest absolute Gasteiger partial charge is 0.268 e. The van der Waals surface area contributed by atoms with Crippen LogP contribution in [0.5, 0.6) is 0 Å². The van der Waals surface area contributed by atoms with Crippen LogP contribution in [0.3, 0.4) is 0 Å². The molecule has 0 saturated heterocycles. The SMILES string of the molecule is C=C(CNC1CC1)Cn1cnc(C)c(Br)c1=O. The predicted molar refractivity (Wildman–Crippen MR) is 71.1 cm³/mol. The molecule has 4 nitrogen and oxygen atoms in total. The van der Waals surface area contributed by atoms with Crippen LogP contribution in [0.15, 0.2) is 27.7 Å². The molecular weight excluding hydrogens is 282 g/mol. The molecule has 0 radical (unpaired) electrons. The lowest BCUT2D eigenvalue weighted by Crippen LogP contribution is -2.26. The molecule has 2 rings (SSSR count). The van der Waals surface area contributed by atoms with Crippen LogP contribution in [0.2, 0.25) is 0 Å². The van der Waals surface area contributed by atoms with Crippen molar-refractivity contribution in [2.75, 3.05) is 6.54 Å². The van der Waals surface area contributed by atoms with Crippen molar-refractivity contribution in [2.24, 2.45) is 0 Å². The molecule has 1 aliphatic carbocycles. The molecule has 0 aliphatic heterocycles. The van der Waals surface area contributed by atoms with Gasteiger partial charge < -0.3 is 5.32 Å². The zero-order valence-electron chi connectivity index (χ0n) is 9.87. The van der Waals surface area contributed by atoms with E-state index in [-0.39, 0.29) is 5.56 Å². The van der Waals surface area contributed by atoms with Crippen LogP contribution < -0.4 is 10.9 Å². The van der Waals surface area contributed by atoms with E-state index in [0.29, 0.717) is 22.8 Å². The summed E-state index contributed by atoms with van der Waals surface area (Å²) in [6, 6.07) is 0.659. The van der Waals surface area contributed by atoms with Crippen molar-refractivity contribution in [1.29, 1.82) is 0 Å². The van der Waals surface area contributed by atoms with Gasteiger partial charge in [-0.1, -0.05) is 6.58 Å². The summed E-state index contributed by atoms with van der Waals surface area (Å²) in [5, 5.41) is 3.38. The molecule has 1 aromatic heterocycles. The Morgan fingerprint density at radius 1 is 1.71 bits per heavy atom. The zero-order valence-corrected chi connectivity index (χ0v) is 11.5. The third kappa shape index (κ3) is 3.26. The third-order valence-corrected chi connectivity index (χ3v) is 3.68. The van der Waals surface area contributed by atoms with Crippen LogP contribution in [0.4, 0.5) is 0 Å². The van der Waals surface area contributed by atoms with Gasteiger partial charge in [0.15, 0.2) is 0 Å². The molecule has 1 saturated carbocycles. The van der Waals surface area contributed by atoms with Crippen molar-refractivity contribution in [3.63, 3.8) is 0 Å². The summed E-state index contributed by atoms with van der Waals surface area (Å²) >= 11 is 3.25. The van der Waals surface area contributed by atoms with E-state index in [9.17, 15) is 4.79 Å². The molecule has 1 aliphatic rings. The fourth-order valence-electron chi connectivity index (χ4n) is 1.53. The van der Waals surface area contributed by atoms with Gasteiger partial charge in [-0.15, -0.1) is 0 Å². The van der Waals surface area contributed by atoms with E-state index >= 15 is 0 Å². The fraction of sp³-hybridized carbons (Fsp3) is 0.500. The highest BCUT2D eigenvalue weighted by atomic mass is 79.9. The van der Waals surface area contributed by atoms with Crippen LogP contribution in [-0.2, 0) is 6.54 Å². The average Bonchev–Trinajstić information content (AvgIpc) is 3.11. The molecule has 0 aromatic carbocycles. The lowest BCUT2D eigenvalue weighted by molar-refractivity contribution is 0.658. The topological polar surface area (TPSA) is 46.9 Å². The second-order valence-electron chi connectivity index (χ2n) is 4.48. The number of aryl methyl sites for hydroxylation is 1. The maximum Gasteiger partial charge on any atom is 0.268 e. The molecule has 17 heavy (non-hydrogen) atoms. The van der Waals surface area contributed by atoms with Gasteiger partial charge in [-0.2, -0.15) is 0 Å². The number of hydrogen-bond acceptors (Lipinski definition) is 3. The number of nitrogens with one attached hydrogen (secondary N) is 1. The maximum absolute atomic E-state index is 11.9. The summed E-state index contributed by atoms with van der Waals surface area (Å²) in [5.41, 5.74) is 1.66. The highest BCUT2D eigenvalue weighted by Gasteiger charge is 2.20. The normalized spacial score (nSPS) is 14.9. The van der Waals surface area contributed by atoms with Gasteiger partial charge in [0.25, 0.3) is 5.56 Å². The van der Waals surface area contributed by atoms with Gasteiger partial charge in [-0.3, -0.25) is 9.36 Å². The van der Waals surface area contributed by atoms with E-state index in [2.05, 4.69) is 32.8 Å². The molecule has 0 spiro atoms. The molecule has 0 unspecified atom stereocenters. The van der Waals surface area contributed by atoms with Gasteiger partial charge in [0.1, 0.15) is 4.47 Å².